The van der Waals surface area contributed by atoms with Crippen molar-refractivity contribution in [1.82, 2.24) is 10.9 Å². The maximum Gasteiger partial charge on any atom is 0.241 e. The zero-order valence-corrected chi connectivity index (χ0v) is 13.4. The Morgan fingerprint density at radius 1 is 0.958 bits per heavy atom. The Morgan fingerprint density at radius 2 is 1.50 bits per heavy atom. The summed E-state index contributed by atoms with van der Waals surface area (Å²) in [6, 6.07) is 6.77. The molecule has 1 amide bonds. The zero-order chi connectivity index (χ0) is 16.8. The van der Waals surface area contributed by atoms with Crippen molar-refractivity contribution < 1.29 is 14.4 Å². The van der Waals surface area contributed by atoms with Crippen LogP contribution in [0.1, 0.15) is 46.4 Å². The minimum absolute atomic E-state index is 0.0524. The average Bonchev–Trinajstić information content (AvgIpc) is 3.28. The molecule has 0 saturated heterocycles. The van der Waals surface area contributed by atoms with E-state index in [9.17, 15) is 14.4 Å². The number of hydrogen-bond acceptors (Lipinski definition) is 4. The van der Waals surface area contributed by atoms with E-state index in [2.05, 4.69) is 17.4 Å². The van der Waals surface area contributed by atoms with Gasteiger partial charge in [-0.25, -0.2) is 0 Å². The second kappa shape index (κ2) is 5.58. The number of carbonyl (C=O) groups excluding carboxylic acids is 3. The van der Waals surface area contributed by atoms with Gasteiger partial charge in [0.15, 0.2) is 11.6 Å². The molecule has 0 spiro atoms. The lowest BCUT2D eigenvalue weighted by Gasteiger charge is -2.14. The van der Waals surface area contributed by atoms with Gasteiger partial charge in [0.25, 0.3) is 0 Å². The van der Waals surface area contributed by atoms with Gasteiger partial charge in [0.1, 0.15) is 5.92 Å². The van der Waals surface area contributed by atoms with E-state index in [4.69, 9.17) is 0 Å². The summed E-state index contributed by atoms with van der Waals surface area (Å²) in [5.41, 5.74) is 6.45. The molecule has 2 atom stereocenters. The Kier molecular flexibility index (Phi) is 3.52. The highest BCUT2D eigenvalue weighted by Crippen LogP contribution is 2.55. The first-order chi connectivity index (χ1) is 11.6. The van der Waals surface area contributed by atoms with E-state index in [0.717, 1.165) is 12.8 Å². The maximum absolute atomic E-state index is 12.4. The molecule has 2 fully saturated rings. The van der Waals surface area contributed by atoms with Gasteiger partial charge in [0.2, 0.25) is 5.91 Å². The van der Waals surface area contributed by atoms with Gasteiger partial charge in [0, 0.05) is 22.7 Å². The highest BCUT2D eigenvalue weighted by atomic mass is 16.2. The predicted octanol–water partition coefficient (Wildman–Crippen LogP) is 2.25. The molecule has 0 bridgehead atoms. The lowest BCUT2D eigenvalue weighted by Crippen LogP contribution is -2.41. The zero-order valence-electron chi connectivity index (χ0n) is 13.4. The largest absolute Gasteiger partial charge is 0.302 e. The van der Waals surface area contributed by atoms with Gasteiger partial charge >= 0.3 is 0 Å². The minimum Gasteiger partial charge on any atom is -0.302 e. The quantitative estimate of drug-likeness (QED) is 0.658. The second-order valence-electron chi connectivity index (χ2n) is 6.98. The number of rotatable bonds is 4. The van der Waals surface area contributed by atoms with Crippen LogP contribution >= 0.6 is 0 Å². The fourth-order valence-corrected chi connectivity index (χ4v) is 4.34. The Morgan fingerprint density at radius 3 is 2.04 bits per heavy atom. The molecule has 3 aliphatic carbocycles. The van der Waals surface area contributed by atoms with Crippen LogP contribution in [-0.4, -0.2) is 17.5 Å². The predicted molar refractivity (Wildman–Crippen MR) is 87.9 cm³/mol. The number of ketones is 2. The molecule has 124 valence electrons. The fraction of sp³-hybridized carbons (Fsp3) is 0.421. The molecule has 1 aromatic rings. The summed E-state index contributed by atoms with van der Waals surface area (Å²) in [4.78, 5) is 37.1. The third-order valence-electron chi connectivity index (χ3n) is 5.64. The standard InChI is InChI=1S/C19H20N2O3/c1-10(15-17(22)13-8-4-5-9-14(13)18(15)23)20-21-19(24)16-11-6-2-3-7-12(11)16/h4-5,8-9,11-12,15-16,20H,1-3,6-7H2,(H,21,24). The number of hydrogen-bond donors (Lipinski definition) is 2. The highest BCUT2D eigenvalue weighted by Gasteiger charge is 2.54. The summed E-state index contributed by atoms with van der Waals surface area (Å²) in [7, 11) is 0. The van der Waals surface area contributed by atoms with E-state index in [-0.39, 0.29) is 29.1 Å². The molecule has 2 unspecified atom stereocenters. The topological polar surface area (TPSA) is 75.3 Å². The first kappa shape index (κ1) is 15.1. The summed E-state index contributed by atoms with van der Waals surface area (Å²) in [6.45, 7) is 3.80. The summed E-state index contributed by atoms with van der Waals surface area (Å²) in [5.74, 6) is -0.446. The van der Waals surface area contributed by atoms with Gasteiger partial charge < -0.3 is 5.43 Å². The van der Waals surface area contributed by atoms with E-state index < -0.39 is 5.92 Å². The van der Waals surface area contributed by atoms with Gasteiger partial charge in [0.05, 0.1) is 0 Å². The maximum atomic E-state index is 12.4. The molecule has 0 heterocycles. The lowest BCUT2D eigenvalue weighted by molar-refractivity contribution is -0.123. The number of Topliss-reactive ketones (excluding diaryl/α,β-unsaturated/α-hetero) is 2. The number of fused-ring (bicyclic) bond motifs is 2. The van der Waals surface area contributed by atoms with Crippen molar-refractivity contribution in [3.8, 4) is 0 Å². The molecule has 0 aliphatic heterocycles. The Labute approximate surface area is 140 Å². The SMILES string of the molecule is C=C(NNC(=O)C1C2CCCCC21)C1C(=O)c2ccccc2C1=O. The molecular formula is C19H20N2O3. The van der Waals surface area contributed by atoms with Crippen LogP contribution in [-0.2, 0) is 4.79 Å². The van der Waals surface area contributed by atoms with Gasteiger partial charge in [-0.3, -0.25) is 19.8 Å². The molecule has 24 heavy (non-hydrogen) atoms. The van der Waals surface area contributed by atoms with Crippen molar-refractivity contribution in [1.29, 1.82) is 0 Å². The van der Waals surface area contributed by atoms with Gasteiger partial charge in [-0.2, -0.15) is 0 Å². The van der Waals surface area contributed by atoms with Crippen LogP contribution in [0.5, 0.6) is 0 Å². The van der Waals surface area contributed by atoms with Crippen molar-refractivity contribution in [2.75, 3.05) is 0 Å². The minimum atomic E-state index is -0.954. The third kappa shape index (κ3) is 2.27. The Bertz CT molecular complexity index is 708. The van der Waals surface area contributed by atoms with Crippen molar-refractivity contribution >= 4 is 17.5 Å². The number of nitrogens with one attached hydrogen (secondary N) is 2. The Balaban J connectivity index is 1.38. The van der Waals surface area contributed by atoms with Crippen molar-refractivity contribution in [2.45, 2.75) is 25.7 Å². The lowest BCUT2D eigenvalue weighted by atomic mass is 10.0. The number of benzene rings is 1. The van der Waals surface area contributed by atoms with Gasteiger partial charge in [-0.1, -0.05) is 43.7 Å². The smallest absolute Gasteiger partial charge is 0.241 e. The van der Waals surface area contributed by atoms with Crippen LogP contribution in [0.15, 0.2) is 36.5 Å². The average molecular weight is 324 g/mol. The van der Waals surface area contributed by atoms with Crippen molar-refractivity contribution in [3.05, 3.63) is 47.7 Å². The van der Waals surface area contributed by atoms with E-state index in [0.29, 0.717) is 23.0 Å². The molecule has 4 rings (SSSR count). The molecule has 1 aromatic carbocycles. The van der Waals surface area contributed by atoms with Gasteiger partial charge in [-0.05, 0) is 24.7 Å². The summed E-state index contributed by atoms with van der Waals surface area (Å²) < 4.78 is 0. The van der Waals surface area contributed by atoms with Crippen molar-refractivity contribution in [2.24, 2.45) is 23.7 Å². The van der Waals surface area contributed by atoms with E-state index in [1.165, 1.54) is 12.8 Å². The molecule has 2 N–H and O–H groups in total. The monoisotopic (exact) mass is 324 g/mol. The molecule has 2 saturated carbocycles. The van der Waals surface area contributed by atoms with Gasteiger partial charge in [-0.15, -0.1) is 0 Å². The molecule has 0 radical (unpaired) electrons. The molecule has 5 heteroatoms. The summed E-state index contributed by atoms with van der Waals surface area (Å²) in [5, 5.41) is 0. The number of amides is 1. The van der Waals surface area contributed by atoms with Crippen LogP contribution < -0.4 is 10.9 Å². The van der Waals surface area contributed by atoms with Crippen LogP contribution in [0.25, 0.3) is 0 Å². The van der Waals surface area contributed by atoms with E-state index in [1.54, 1.807) is 24.3 Å². The molecule has 5 nitrogen and oxygen atoms in total. The van der Waals surface area contributed by atoms with E-state index >= 15 is 0 Å². The Hall–Kier alpha value is -2.43. The highest BCUT2D eigenvalue weighted by molar-refractivity contribution is 6.27. The van der Waals surface area contributed by atoms with Crippen LogP contribution in [0.2, 0.25) is 0 Å². The third-order valence-corrected chi connectivity index (χ3v) is 5.64. The fourth-order valence-electron chi connectivity index (χ4n) is 4.34. The first-order valence-corrected chi connectivity index (χ1v) is 8.51. The first-order valence-electron chi connectivity index (χ1n) is 8.51. The molecule has 0 aromatic heterocycles. The van der Waals surface area contributed by atoms with E-state index in [1.807, 2.05) is 0 Å². The van der Waals surface area contributed by atoms with Crippen LogP contribution in [0, 0.1) is 23.7 Å². The number of hydrazine groups is 1. The molecule has 3 aliphatic rings. The van der Waals surface area contributed by atoms with Crippen LogP contribution in [0.3, 0.4) is 0 Å². The second-order valence-corrected chi connectivity index (χ2v) is 6.98. The summed E-state index contributed by atoms with van der Waals surface area (Å²) in [6.07, 6.45) is 4.65. The number of carbonyl (C=O) groups is 3. The summed E-state index contributed by atoms with van der Waals surface area (Å²) >= 11 is 0. The number of allylic oxidation sites excluding steroid dienone is 1. The van der Waals surface area contributed by atoms with Crippen molar-refractivity contribution in [3.63, 3.8) is 0 Å². The molecular weight excluding hydrogens is 304 g/mol. The normalized spacial score (nSPS) is 28.1. The van der Waals surface area contributed by atoms with Crippen LogP contribution in [0.4, 0.5) is 0 Å².